The number of hydrogen-bond donors (Lipinski definition) is 2. The lowest BCUT2D eigenvalue weighted by atomic mass is 10.0. The number of ether oxygens (including phenoxy) is 1. The monoisotopic (exact) mass is 193 g/mol. The summed E-state index contributed by atoms with van der Waals surface area (Å²) in [6.45, 7) is 0.952. The highest BCUT2D eigenvalue weighted by Crippen LogP contribution is 2.15. The van der Waals surface area contributed by atoms with Gasteiger partial charge in [-0.05, 0) is 24.8 Å². The number of halogens is 1. The first-order valence-corrected chi connectivity index (χ1v) is 4.01. The normalized spacial score (nSPS) is 18.7. The molecular weight excluding hydrogens is 178 g/mol. The van der Waals surface area contributed by atoms with E-state index in [-0.39, 0.29) is 25.1 Å². The molecule has 0 saturated carbocycles. The molecule has 0 spiro atoms. The maximum atomic E-state index is 8.62. The number of hydrogen-bond acceptors (Lipinski definition) is 3. The Hall–Kier alpha value is -0.250. The van der Waals surface area contributed by atoms with Gasteiger partial charge >= 0.3 is 0 Å². The second kappa shape index (κ2) is 6.29. The van der Waals surface area contributed by atoms with Gasteiger partial charge in [0.25, 0.3) is 0 Å². The third kappa shape index (κ3) is 3.43. The van der Waals surface area contributed by atoms with Crippen LogP contribution in [-0.2, 0) is 4.74 Å². The average Bonchev–Trinajstić information content (AvgIpc) is 2.07. The zero-order chi connectivity index (χ0) is 8.10. The third-order valence-electron chi connectivity index (χ3n) is 1.88. The molecule has 1 unspecified atom stereocenters. The molecule has 0 fully saturated rings. The second-order valence-electron chi connectivity index (χ2n) is 2.79. The van der Waals surface area contributed by atoms with E-state index in [0.29, 0.717) is 6.42 Å². The average molecular weight is 194 g/mol. The van der Waals surface area contributed by atoms with Crippen LogP contribution >= 0.6 is 12.4 Å². The Morgan fingerprint density at radius 1 is 1.67 bits per heavy atom. The molecule has 0 aromatic carbocycles. The maximum Gasteiger partial charge on any atom is 0.0876 e. The molecule has 0 aromatic heterocycles. The van der Waals surface area contributed by atoms with Crippen molar-refractivity contribution in [3.63, 3.8) is 0 Å². The molecule has 0 amide bonds. The van der Waals surface area contributed by atoms with E-state index in [9.17, 15) is 0 Å². The van der Waals surface area contributed by atoms with Crippen LogP contribution in [0.25, 0.3) is 0 Å². The van der Waals surface area contributed by atoms with E-state index in [1.807, 2.05) is 0 Å². The predicted octanol–water partition coefficient (Wildman–Crippen LogP) is 0.812. The molecule has 1 heterocycles. The first-order chi connectivity index (χ1) is 5.34. The summed E-state index contributed by atoms with van der Waals surface area (Å²) in [5, 5.41) is 8.62. The minimum Gasteiger partial charge on any atom is -0.501 e. The third-order valence-corrected chi connectivity index (χ3v) is 1.88. The molecule has 3 nitrogen and oxygen atoms in total. The van der Waals surface area contributed by atoms with Crippen LogP contribution in [0.2, 0.25) is 0 Å². The molecule has 0 aromatic rings. The van der Waals surface area contributed by atoms with Gasteiger partial charge in [0, 0.05) is 12.6 Å². The molecule has 0 radical (unpaired) electrons. The van der Waals surface area contributed by atoms with Gasteiger partial charge in [0.1, 0.15) is 0 Å². The summed E-state index contributed by atoms with van der Waals surface area (Å²) >= 11 is 0. The summed E-state index contributed by atoms with van der Waals surface area (Å²) in [7, 11) is 0. The number of aliphatic hydroxyl groups is 1. The zero-order valence-electron chi connectivity index (χ0n) is 7.03. The highest BCUT2D eigenvalue weighted by atomic mass is 35.5. The van der Waals surface area contributed by atoms with E-state index in [1.165, 1.54) is 0 Å². The van der Waals surface area contributed by atoms with Gasteiger partial charge in [-0.15, -0.1) is 12.4 Å². The Morgan fingerprint density at radius 2 is 2.42 bits per heavy atom. The number of nitrogens with two attached hydrogens (primary N) is 1. The van der Waals surface area contributed by atoms with Gasteiger partial charge in [-0.2, -0.15) is 0 Å². The van der Waals surface area contributed by atoms with Crippen LogP contribution < -0.4 is 5.73 Å². The van der Waals surface area contributed by atoms with E-state index >= 15 is 0 Å². The fourth-order valence-electron chi connectivity index (χ4n) is 1.18. The summed E-state index contributed by atoms with van der Waals surface area (Å²) in [4.78, 5) is 0. The van der Waals surface area contributed by atoms with Gasteiger partial charge in [-0.25, -0.2) is 0 Å². The van der Waals surface area contributed by atoms with Crippen LogP contribution in [0.5, 0.6) is 0 Å². The topological polar surface area (TPSA) is 55.5 Å². The van der Waals surface area contributed by atoms with Crippen molar-refractivity contribution >= 4 is 12.4 Å². The minimum atomic E-state index is -0.0136. The molecule has 4 heteroatoms. The van der Waals surface area contributed by atoms with Crippen molar-refractivity contribution in [2.24, 2.45) is 5.73 Å². The Balaban J connectivity index is 0.00000121. The summed E-state index contributed by atoms with van der Waals surface area (Å²) < 4.78 is 5.13. The summed E-state index contributed by atoms with van der Waals surface area (Å²) in [5.41, 5.74) is 6.88. The Morgan fingerprint density at radius 3 is 2.92 bits per heavy atom. The fourth-order valence-corrected chi connectivity index (χ4v) is 1.18. The Kier molecular flexibility index (Phi) is 6.16. The van der Waals surface area contributed by atoms with E-state index in [1.54, 1.807) is 6.26 Å². The molecule has 1 atom stereocenters. The molecule has 0 saturated heterocycles. The number of rotatable bonds is 3. The molecule has 72 valence electrons. The zero-order valence-corrected chi connectivity index (χ0v) is 7.85. The van der Waals surface area contributed by atoms with Crippen LogP contribution in [0.3, 0.4) is 0 Å². The van der Waals surface area contributed by atoms with Crippen molar-refractivity contribution in [2.75, 3.05) is 13.2 Å². The molecule has 1 aliphatic rings. The molecule has 1 aliphatic heterocycles. The highest BCUT2D eigenvalue weighted by Gasteiger charge is 2.11. The first kappa shape index (κ1) is 11.8. The molecular formula is C8H16ClNO2. The predicted molar refractivity (Wildman–Crippen MR) is 50.2 cm³/mol. The highest BCUT2D eigenvalue weighted by molar-refractivity contribution is 5.85. The van der Waals surface area contributed by atoms with Gasteiger partial charge in [-0.3, -0.25) is 0 Å². The molecule has 1 rings (SSSR count). The van der Waals surface area contributed by atoms with Crippen LogP contribution in [0.15, 0.2) is 11.8 Å². The van der Waals surface area contributed by atoms with E-state index in [4.69, 9.17) is 15.6 Å². The van der Waals surface area contributed by atoms with Gasteiger partial charge < -0.3 is 15.6 Å². The van der Waals surface area contributed by atoms with Gasteiger partial charge in [0.2, 0.25) is 0 Å². The van der Waals surface area contributed by atoms with Crippen LogP contribution in [0, 0.1) is 0 Å². The lowest BCUT2D eigenvalue weighted by Crippen LogP contribution is -2.25. The van der Waals surface area contributed by atoms with Crippen LogP contribution in [0.1, 0.15) is 19.3 Å². The fraction of sp³-hybridized carbons (Fsp3) is 0.750. The summed E-state index contributed by atoms with van der Waals surface area (Å²) in [6.07, 6.45) is 4.44. The summed E-state index contributed by atoms with van der Waals surface area (Å²) in [5.74, 6) is 0. The Bertz CT molecular complexity index is 150. The smallest absolute Gasteiger partial charge is 0.0876 e. The molecule has 12 heavy (non-hydrogen) atoms. The summed E-state index contributed by atoms with van der Waals surface area (Å²) in [6, 6.07) is -0.0136. The SMILES string of the molecule is Cl.NC(CCO)C1=COCCC1. The molecule has 3 N–H and O–H groups in total. The standard InChI is InChI=1S/C8H15NO2.ClH/c9-8(3-4-10)7-2-1-5-11-6-7;/h6,8,10H,1-5,9H2;1H. The van der Waals surface area contributed by atoms with Crippen molar-refractivity contribution in [3.8, 4) is 0 Å². The Labute approximate surface area is 79.0 Å². The van der Waals surface area contributed by atoms with Crippen molar-refractivity contribution in [1.29, 1.82) is 0 Å². The van der Waals surface area contributed by atoms with Crippen molar-refractivity contribution in [2.45, 2.75) is 25.3 Å². The number of aliphatic hydroxyl groups excluding tert-OH is 1. The first-order valence-electron chi connectivity index (χ1n) is 4.01. The van der Waals surface area contributed by atoms with Crippen molar-refractivity contribution in [1.82, 2.24) is 0 Å². The minimum absolute atomic E-state index is 0. The molecule has 0 aliphatic carbocycles. The van der Waals surface area contributed by atoms with E-state index in [0.717, 1.165) is 25.0 Å². The lowest BCUT2D eigenvalue weighted by molar-refractivity contribution is 0.217. The maximum absolute atomic E-state index is 8.62. The van der Waals surface area contributed by atoms with Crippen LogP contribution in [0.4, 0.5) is 0 Å². The van der Waals surface area contributed by atoms with Gasteiger partial charge in [0.05, 0.1) is 12.9 Å². The van der Waals surface area contributed by atoms with Crippen molar-refractivity contribution in [3.05, 3.63) is 11.8 Å². The lowest BCUT2D eigenvalue weighted by Gasteiger charge is -2.18. The quantitative estimate of drug-likeness (QED) is 0.698. The van der Waals surface area contributed by atoms with E-state index in [2.05, 4.69) is 0 Å². The molecule has 0 bridgehead atoms. The van der Waals surface area contributed by atoms with E-state index < -0.39 is 0 Å². The largest absolute Gasteiger partial charge is 0.501 e. The van der Waals surface area contributed by atoms with Crippen molar-refractivity contribution < 1.29 is 9.84 Å². The second-order valence-corrected chi connectivity index (χ2v) is 2.79. The van der Waals surface area contributed by atoms with Crippen LogP contribution in [-0.4, -0.2) is 24.4 Å². The van der Waals surface area contributed by atoms with Gasteiger partial charge in [-0.1, -0.05) is 0 Å². The van der Waals surface area contributed by atoms with Gasteiger partial charge in [0.15, 0.2) is 0 Å².